The Morgan fingerprint density at radius 1 is 1.15 bits per heavy atom. The highest BCUT2D eigenvalue weighted by Crippen LogP contribution is 2.07. The summed E-state index contributed by atoms with van der Waals surface area (Å²) >= 11 is 0. The number of hydrogen-bond acceptors (Lipinski definition) is 3. The van der Waals surface area contributed by atoms with Crippen LogP contribution in [0.25, 0.3) is 0 Å². The minimum absolute atomic E-state index is 0.179. The highest BCUT2D eigenvalue weighted by Gasteiger charge is 2.34. The second-order valence-electron chi connectivity index (χ2n) is 4.46. The molecular formula is C13H14FN3O3. The normalized spacial score (nSPS) is 14.8. The molecule has 7 heteroatoms. The van der Waals surface area contributed by atoms with E-state index < -0.39 is 17.7 Å². The molecular weight excluding hydrogens is 265 g/mol. The van der Waals surface area contributed by atoms with Crippen molar-refractivity contribution in [2.75, 3.05) is 6.54 Å². The molecule has 0 unspecified atom stereocenters. The average Bonchev–Trinajstić information content (AvgIpc) is 2.73. The predicted molar refractivity (Wildman–Crippen MR) is 67.5 cm³/mol. The molecule has 0 radical (unpaired) electrons. The largest absolute Gasteiger partial charge is 0.356 e. The number of nitrogens with one attached hydrogen (secondary N) is 3. The Bertz CT molecular complexity index is 514. The van der Waals surface area contributed by atoms with Crippen LogP contribution in [0.3, 0.4) is 0 Å². The zero-order chi connectivity index (χ0) is 14.5. The fraction of sp³-hybridized carbons (Fsp3) is 0.308. The molecule has 106 valence electrons. The van der Waals surface area contributed by atoms with Gasteiger partial charge in [0.2, 0.25) is 5.91 Å². The molecule has 1 aromatic rings. The van der Waals surface area contributed by atoms with Crippen molar-refractivity contribution in [1.29, 1.82) is 0 Å². The predicted octanol–water partition coefficient (Wildman–Crippen LogP) is -0.348. The highest BCUT2D eigenvalue weighted by molar-refractivity contribution is 6.07. The van der Waals surface area contributed by atoms with Crippen LogP contribution in [-0.4, -0.2) is 24.3 Å². The van der Waals surface area contributed by atoms with Crippen LogP contribution in [-0.2, 0) is 20.8 Å². The summed E-state index contributed by atoms with van der Waals surface area (Å²) in [7, 11) is 0. The van der Waals surface area contributed by atoms with Crippen LogP contribution in [0.2, 0.25) is 0 Å². The van der Waals surface area contributed by atoms with Gasteiger partial charge < -0.3 is 5.32 Å². The summed E-state index contributed by atoms with van der Waals surface area (Å²) in [5.74, 6) is -2.64. The van der Waals surface area contributed by atoms with E-state index in [1.165, 1.54) is 12.1 Å². The van der Waals surface area contributed by atoms with Crippen LogP contribution < -0.4 is 16.2 Å². The van der Waals surface area contributed by atoms with Crippen LogP contribution in [0.1, 0.15) is 12.0 Å². The van der Waals surface area contributed by atoms with Gasteiger partial charge in [-0.25, -0.2) is 4.39 Å². The lowest BCUT2D eigenvalue weighted by Crippen LogP contribution is -2.31. The van der Waals surface area contributed by atoms with Gasteiger partial charge >= 0.3 is 0 Å². The van der Waals surface area contributed by atoms with Crippen LogP contribution in [0.15, 0.2) is 24.3 Å². The van der Waals surface area contributed by atoms with Crippen molar-refractivity contribution in [1.82, 2.24) is 16.2 Å². The molecule has 0 spiro atoms. The first-order chi connectivity index (χ1) is 9.56. The van der Waals surface area contributed by atoms with Crippen molar-refractivity contribution in [3.05, 3.63) is 35.6 Å². The van der Waals surface area contributed by atoms with E-state index >= 15 is 0 Å². The van der Waals surface area contributed by atoms with E-state index in [2.05, 4.69) is 16.2 Å². The van der Waals surface area contributed by atoms with Crippen molar-refractivity contribution in [3.8, 4) is 0 Å². The lowest BCUT2D eigenvalue weighted by Gasteiger charge is -2.07. The Labute approximate surface area is 114 Å². The molecule has 0 aliphatic carbocycles. The molecule has 3 amide bonds. The Kier molecular flexibility index (Phi) is 4.29. The molecule has 2 rings (SSSR count). The van der Waals surface area contributed by atoms with E-state index in [0.717, 1.165) is 5.56 Å². The molecule has 1 fully saturated rings. The maximum absolute atomic E-state index is 12.7. The Morgan fingerprint density at radius 2 is 1.75 bits per heavy atom. The summed E-state index contributed by atoms with van der Waals surface area (Å²) in [5, 5.41) is 2.62. The monoisotopic (exact) mass is 279 g/mol. The van der Waals surface area contributed by atoms with Gasteiger partial charge in [0, 0.05) is 13.0 Å². The van der Waals surface area contributed by atoms with Crippen LogP contribution in [0.4, 0.5) is 4.39 Å². The topological polar surface area (TPSA) is 87.3 Å². The zero-order valence-corrected chi connectivity index (χ0v) is 10.6. The fourth-order valence-corrected chi connectivity index (χ4v) is 1.86. The van der Waals surface area contributed by atoms with Crippen molar-refractivity contribution in [3.63, 3.8) is 0 Å². The third kappa shape index (κ3) is 3.53. The van der Waals surface area contributed by atoms with E-state index in [1.807, 2.05) is 0 Å². The third-order valence-corrected chi connectivity index (χ3v) is 2.98. The fourth-order valence-electron chi connectivity index (χ4n) is 1.86. The number of hydrogen-bond donors (Lipinski definition) is 3. The molecule has 6 nitrogen and oxygen atoms in total. The summed E-state index contributed by atoms with van der Waals surface area (Å²) in [6, 6.07) is 5.98. The Morgan fingerprint density at radius 3 is 2.35 bits per heavy atom. The molecule has 1 aromatic carbocycles. The molecule has 20 heavy (non-hydrogen) atoms. The standard InChI is InChI=1S/C13H14FN3O3/c14-9-3-1-8(2-4-9)5-6-15-11(18)7-10-12(19)16-17-13(10)20/h1-4,10H,5-7H2,(H,15,18)(H,16,19)(H,17,20). The number of carbonyl (C=O) groups excluding carboxylic acids is 3. The minimum Gasteiger partial charge on any atom is -0.356 e. The maximum Gasteiger partial charge on any atom is 0.251 e. The number of carbonyl (C=O) groups is 3. The first-order valence-corrected chi connectivity index (χ1v) is 6.17. The van der Waals surface area contributed by atoms with Gasteiger partial charge in [-0.1, -0.05) is 12.1 Å². The molecule has 1 aliphatic rings. The zero-order valence-electron chi connectivity index (χ0n) is 10.6. The van der Waals surface area contributed by atoms with E-state index in [0.29, 0.717) is 13.0 Å². The van der Waals surface area contributed by atoms with Crippen molar-refractivity contribution < 1.29 is 18.8 Å². The molecule has 0 aromatic heterocycles. The Hall–Kier alpha value is -2.44. The van der Waals surface area contributed by atoms with Crippen LogP contribution in [0.5, 0.6) is 0 Å². The summed E-state index contributed by atoms with van der Waals surface area (Å²) in [6.45, 7) is 0.362. The van der Waals surface area contributed by atoms with Gasteiger partial charge in [0.05, 0.1) is 0 Å². The number of amides is 3. The minimum atomic E-state index is -0.971. The quantitative estimate of drug-likeness (QED) is 0.644. The molecule has 0 saturated carbocycles. The molecule has 0 atom stereocenters. The molecule has 3 N–H and O–H groups in total. The van der Waals surface area contributed by atoms with Gasteiger partial charge in [0.1, 0.15) is 11.7 Å². The second kappa shape index (κ2) is 6.14. The Balaban J connectivity index is 1.74. The summed E-state index contributed by atoms with van der Waals surface area (Å²) in [5.41, 5.74) is 5.21. The smallest absolute Gasteiger partial charge is 0.251 e. The van der Waals surface area contributed by atoms with Gasteiger partial charge in [-0.2, -0.15) is 0 Å². The molecule has 1 heterocycles. The number of halogens is 1. The average molecular weight is 279 g/mol. The van der Waals surface area contributed by atoms with E-state index in [4.69, 9.17) is 0 Å². The van der Waals surface area contributed by atoms with E-state index in [9.17, 15) is 18.8 Å². The number of hydrazine groups is 1. The molecule has 1 saturated heterocycles. The lowest BCUT2D eigenvalue weighted by molar-refractivity contribution is -0.133. The van der Waals surface area contributed by atoms with Crippen molar-refractivity contribution >= 4 is 17.7 Å². The van der Waals surface area contributed by atoms with Crippen LogP contribution in [0, 0.1) is 11.7 Å². The highest BCUT2D eigenvalue weighted by atomic mass is 19.1. The van der Waals surface area contributed by atoms with Gasteiger partial charge in [0.15, 0.2) is 0 Å². The summed E-state index contributed by atoms with van der Waals surface area (Å²) in [4.78, 5) is 34.1. The first kappa shape index (κ1) is 14.0. The van der Waals surface area contributed by atoms with Gasteiger partial charge in [-0.3, -0.25) is 25.2 Å². The summed E-state index contributed by atoms with van der Waals surface area (Å²) < 4.78 is 12.7. The SMILES string of the molecule is O=C(CC1C(=O)NNC1=O)NCCc1ccc(F)cc1. The van der Waals surface area contributed by atoms with Gasteiger partial charge in [0.25, 0.3) is 11.8 Å². The van der Waals surface area contributed by atoms with Gasteiger partial charge in [-0.05, 0) is 24.1 Å². The number of benzene rings is 1. The number of rotatable bonds is 5. The first-order valence-electron chi connectivity index (χ1n) is 6.17. The second-order valence-corrected chi connectivity index (χ2v) is 4.46. The third-order valence-electron chi connectivity index (χ3n) is 2.98. The van der Waals surface area contributed by atoms with Gasteiger partial charge in [-0.15, -0.1) is 0 Å². The molecule has 0 bridgehead atoms. The van der Waals surface area contributed by atoms with Crippen LogP contribution >= 0.6 is 0 Å². The van der Waals surface area contributed by atoms with Crippen molar-refractivity contribution in [2.45, 2.75) is 12.8 Å². The summed E-state index contributed by atoms with van der Waals surface area (Å²) in [6.07, 6.45) is 0.371. The maximum atomic E-state index is 12.7. The lowest BCUT2D eigenvalue weighted by atomic mass is 10.1. The molecule has 1 aliphatic heterocycles. The van der Waals surface area contributed by atoms with E-state index in [-0.39, 0.29) is 18.1 Å². The van der Waals surface area contributed by atoms with Crippen molar-refractivity contribution in [2.24, 2.45) is 5.92 Å². The van der Waals surface area contributed by atoms with E-state index in [1.54, 1.807) is 12.1 Å².